The number of carboxylic acid groups (broad SMARTS) is 1. The van der Waals surface area contributed by atoms with Crippen molar-refractivity contribution in [1.29, 1.82) is 0 Å². The van der Waals surface area contributed by atoms with Crippen molar-refractivity contribution in [3.05, 3.63) is 65.9 Å². The van der Waals surface area contributed by atoms with E-state index in [1.54, 1.807) is 24.4 Å². The summed E-state index contributed by atoms with van der Waals surface area (Å²) in [6.45, 7) is 3.32. The molecule has 0 aliphatic carbocycles. The summed E-state index contributed by atoms with van der Waals surface area (Å²) in [5.41, 5.74) is 18.9. The van der Waals surface area contributed by atoms with Crippen molar-refractivity contribution in [2.75, 3.05) is 32.8 Å². The molecule has 6 atom stereocenters. The molecule has 7 amide bonds. The molecule has 17 N–H and O–H groups in total. The number of carbonyl (C=O) groups excluding carboxylic acids is 7. The van der Waals surface area contributed by atoms with E-state index in [-0.39, 0.29) is 76.8 Å². The number of aromatic amines is 1. The summed E-state index contributed by atoms with van der Waals surface area (Å²) in [5.74, 6) is -6.10. The van der Waals surface area contributed by atoms with E-state index in [2.05, 4.69) is 56.0 Å². The molecule has 0 aliphatic heterocycles. The number of aliphatic hydroxyl groups excluding tert-OH is 1. The molecule has 2 aromatic carbocycles. The largest absolute Gasteiger partial charge is 0.508 e. The van der Waals surface area contributed by atoms with Crippen LogP contribution in [0.4, 0.5) is 0 Å². The molecule has 3 aromatic rings. The fraction of sp³-hybridized carbons (Fsp3) is 0.551. The number of carbonyl (C=O) groups is 8. The van der Waals surface area contributed by atoms with Crippen LogP contribution in [0.25, 0.3) is 10.9 Å². The number of hydrogen-bond acceptors (Lipinski definition) is 13. The number of aliphatic hydroxyl groups is 1. The lowest BCUT2D eigenvalue weighted by Crippen LogP contribution is -2.60. The molecule has 0 saturated carbocycles. The van der Waals surface area contributed by atoms with Gasteiger partial charge in [0.25, 0.3) is 0 Å². The Labute approximate surface area is 414 Å². The van der Waals surface area contributed by atoms with Gasteiger partial charge in [0, 0.05) is 36.4 Å². The lowest BCUT2D eigenvalue weighted by Gasteiger charge is -2.27. The number of benzene rings is 2. The molecule has 0 bridgehead atoms. The van der Waals surface area contributed by atoms with Crippen LogP contribution in [0.2, 0.25) is 0 Å². The Balaban J connectivity index is 1.89. The van der Waals surface area contributed by atoms with Crippen LogP contribution in [0.5, 0.6) is 5.75 Å². The Bertz CT molecular complexity index is 2190. The second kappa shape index (κ2) is 31.6. The van der Waals surface area contributed by atoms with Crippen molar-refractivity contribution in [2.45, 2.75) is 134 Å². The van der Waals surface area contributed by atoms with Crippen molar-refractivity contribution in [3.8, 4) is 5.75 Å². The topological polar surface area (TPSA) is 375 Å². The molecule has 0 unspecified atom stereocenters. The molecule has 1 aromatic heterocycles. The van der Waals surface area contributed by atoms with E-state index < -0.39 is 96.7 Å². The van der Waals surface area contributed by atoms with Crippen LogP contribution in [0.3, 0.4) is 0 Å². The molecule has 22 nitrogen and oxygen atoms in total. The van der Waals surface area contributed by atoms with Gasteiger partial charge in [-0.1, -0.05) is 63.4 Å². The molecule has 1 heterocycles. The third-order valence-electron chi connectivity index (χ3n) is 11.7. The van der Waals surface area contributed by atoms with Gasteiger partial charge in [-0.25, -0.2) is 4.79 Å². The number of nitrogens with two attached hydrogens (primary N) is 3. The van der Waals surface area contributed by atoms with Gasteiger partial charge in [0.1, 0.15) is 42.0 Å². The van der Waals surface area contributed by atoms with E-state index in [0.717, 1.165) is 30.2 Å². The molecular weight excluding hydrogens is 919 g/mol. The van der Waals surface area contributed by atoms with Gasteiger partial charge in [0.2, 0.25) is 41.4 Å². The first-order valence-corrected chi connectivity index (χ1v) is 24.3. The molecule has 392 valence electrons. The first-order valence-electron chi connectivity index (χ1n) is 24.3. The van der Waals surface area contributed by atoms with Gasteiger partial charge in [-0.15, -0.1) is 0 Å². The van der Waals surface area contributed by atoms with E-state index >= 15 is 0 Å². The second-order valence-corrected chi connectivity index (χ2v) is 17.9. The van der Waals surface area contributed by atoms with Crippen molar-refractivity contribution in [1.82, 2.24) is 42.2 Å². The molecule has 3 rings (SSSR count). The van der Waals surface area contributed by atoms with Crippen LogP contribution < -0.4 is 54.4 Å². The van der Waals surface area contributed by atoms with Crippen LogP contribution in [0.15, 0.2) is 54.7 Å². The maximum Gasteiger partial charge on any atom is 0.326 e. The van der Waals surface area contributed by atoms with Crippen molar-refractivity contribution < 1.29 is 53.7 Å². The highest BCUT2D eigenvalue weighted by Crippen LogP contribution is 2.20. The highest BCUT2D eigenvalue weighted by atomic mass is 16.4. The van der Waals surface area contributed by atoms with Gasteiger partial charge < -0.3 is 74.7 Å². The molecule has 0 spiro atoms. The van der Waals surface area contributed by atoms with Crippen molar-refractivity contribution in [3.63, 3.8) is 0 Å². The minimum Gasteiger partial charge on any atom is -0.508 e. The average molecular weight is 994 g/mol. The van der Waals surface area contributed by atoms with E-state index in [9.17, 15) is 53.7 Å². The van der Waals surface area contributed by atoms with Gasteiger partial charge in [0.15, 0.2) is 0 Å². The quantitative estimate of drug-likeness (QED) is 0.0338. The summed E-state index contributed by atoms with van der Waals surface area (Å²) in [4.78, 5) is 110. The lowest BCUT2D eigenvalue weighted by molar-refractivity contribution is -0.142. The summed E-state index contributed by atoms with van der Waals surface area (Å²) < 4.78 is 0. The van der Waals surface area contributed by atoms with Crippen LogP contribution >= 0.6 is 0 Å². The molecule has 0 fully saturated rings. The average Bonchev–Trinajstić information content (AvgIpc) is 3.75. The van der Waals surface area contributed by atoms with Gasteiger partial charge in [-0.3, -0.25) is 33.6 Å². The number of aromatic nitrogens is 1. The monoisotopic (exact) mass is 994 g/mol. The van der Waals surface area contributed by atoms with Crippen LogP contribution in [-0.2, 0) is 51.2 Å². The first kappa shape index (κ1) is 58.7. The Hall–Kier alpha value is -6.62. The number of para-hydroxylation sites is 1. The Morgan fingerprint density at radius 3 is 1.66 bits per heavy atom. The molecule has 71 heavy (non-hydrogen) atoms. The van der Waals surface area contributed by atoms with E-state index in [0.29, 0.717) is 29.9 Å². The number of H-pyrrole nitrogens is 1. The molecule has 0 saturated heterocycles. The third kappa shape index (κ3) is 21.1. The molecule has 0 aliphatic rings. The fourth-order valence-electron chi connectivity index (χ4n) is 7.67. The zero-order chi connectivity index (χ0) is 52.3. The second-order valence-electron chi connectivity index (χ2n) is 17.9. The number of rotatable bonds is 34. The predicted molar refractivity (Wildman–Crippen MR) is 266 cm³/mol. The van der Waals surface area contributed by atoms with Crippen LogP contribution in [0, 0.1) is 5.92 Å². The first-order chi connectivity index (χ1) is 34.0. The van der Waals surface area contributed by atoms with Crippen LogP contribution in [-0.4, -0.2) is 137 Å². The van der Waals surface area contributed by atoms with E-state index in [1.807, 2.05) is 18.2 Å². The molecule has 0 radical (unpaired) electrons. The van der Waals surface area contributed by atoms with E-state index in [1.165, 1.54) is 12.1 Å². The maximum absolute atomic E-state index is 14.5. The Morgan fingerprint density at radius 2 is 1.08 bits per heavy atom. The van der Waals surface area contributed by atoms with Gasteiger partial charge in [-0.2, -0.15) is 0 Å². The Kier molecular flexibility index (Phi) is 26.1. The van der Waals surface area contributed by atoms with E-state index in [4.69, 9.17) is 17.2 Å². The number of aromatic hydroxyl groups is 1. The van der Waals surface area contributed by atoms with Crippen molar-refractivity contribution >= 4 is 58.2 Å². The number of nitrogens with one attached hydrogen (secondary N) is 8. The van der Waals surface area contributed by atoms with Gasteiger partial charge in [-0.05, 0) is 99.8 Å². The highest BCUT2D eigenvalue weighted by molar-refractivity contribution is 5.97. The number of phenolic OH excluding ortho intramolecular Hbond substituents is 1. The number of fused-ring (bicyclic) bond motifs is 1. The smallest absolute Gasteiger partial charge is 0.326 e. The normalized spacial score (nSPS) is 13.7. The summed E-state index contributed by atoms with van der Waals surface area (Å²) in [7, 11) is 0. The van der Waals surface area contributed by atoms with Crippen molar-refractivity contribution in [2.24, 2.45) is 23.1 Å². The summed E-state index contributed by atoms with van der Waals surface area (Å²) in [6, 6.07) is 5.16. The highest BCUT2D eigenvalue weighted by Gasteiger charge is 2.33. The number of amides is 7. The lowest BCUT2D eigenvalue weighted by atomic mass is 10.0. The minimum absolute atomic E-state index is 0.000580. The summed E-state index contributed by atoms with van der Waals surface area (Å²) in [5, 5.41) is 48.4. The number of phenols is 1. The number of hydrogen-bond donors (Lipinski definition) is 14. The fourth-order valence-corrected chi connectivity index (χ4v) is 7.67. The SMILES string of the molecule is CC(C)CCCCCC(=O)N[C@H](CO)C(=O)N[C@H](Cc1ccc(O)cc1)C(=O)N[C@H](Cc1c[nH]c2ccccc12)C(=O)N[C@H](CCCN)C(=O)N[C@@H](CCCN)C(=O)NCC(=O)N[C@H](CCCN)C(=O)O. The van der Waals surface area contributed by atoms with Gasteiger partial charge in [0.05, 0.1) is 13.2 Å². The summed E-state index contributed by atoms with van der Waals surface area (Å²) in [6.07, 6.45) is 5.85. The number of unbranched alkanes of at least 4 members (excludes halogenated alkanes) is 2. The molecule has 22 heteroatoms. The van der Waals surface area contributed by atoms with Crippen LogP contribution in [0.1, 0.15) is 95.6 Å². The third-order valence-corrected chi connectivity index (χ3v) is 11.7. The van der Waals surface area contributed by atoms with Gasteiger partial charge >= 0.3 is 5.97 Å². The number of aliphatic carboxylic acids is 1. The number of carboxylic acids is 1. The zero-order valence-electron chi connectivity index (χ0n) is 40.8. The summed E-state index contributed by atoms with van der Waals surface area (Å²) >= 11 is 0. The standard InChI is InChI=1S/C49H75N11O11/c1-30(2)11-4-3-5-17-42(63)56-41(29-61)48(69)59-39(25-31-18-20-33(62)21-19-31)46(67)60-40(26-32-27-53-35-13-7-6-12-34(32)35)47(68)58-37(15-9-23-51)45(66)57-36(14-8-22-50)44(65)54-28-43(64)55-38(49(70)71)16-10-24-52/h6-7,12-13,18-21,27,30,36-41,53,61-62H,3-5,8-11,14-17,22-26,28-29,50-52H2,1-2H3,(H,54,65)(H,55,64)(H,56,63)(H,57,66)(H,58,68)(H,59,69)(H,60,67)(H,70,71)/t36-,37+,38+,39+,40+,41+/m0/s1. The molecular formula is C49H75N11O11. The Morgan fingerprint density at radius 1 is 0.563 bits per heavy atom. The zero-order valence-corrected chi connectivity index (χ0v) is 40.8. The predicted octanol–water partition coefficient (Wildman–Crippen LogP) is -0.416. The maximum atomic E-state index is 14.5. The minimum atomic E-state index is -1.41.